The Labute approximate surface area is 92.2 Å². The third-order valence-corrected chi connectivity index (χ3v) is 2.18. The molecule has 0 radical (unpaired) electrons. The Morgan fingerprint density at radius 1 is 1.40 bits per heavy atom. The molecule has 0 unspecified atom stereocenters. The Morgan fingerprint density at radius 2 is 2.13 bits per heavy atom. The van der Waals surface area contributed by atoms with Crippen LogP contribution < -0.4 is 5.32 Å². The van der Waals surface area contributed by atoms with Crippen LogP contribution in [0.1, 0.15) is 5.56 Å². The van der Waals surface area contributed by atoms with Crippen molar-refractivity contribution >= 4 is 22.6 Å². The topological polar surface area (TPSA) is 72.0 Å². The van der Waals surface area contributed by atoms with Crippen LogP contribution in [0.15, 0.2) is 29.3 Å². The number of hydrogen-bond donors (Lipinski definition) is 1. The summed E-state index contributed by atoms with van der Waals surface area (Å²) in [6.07, 6.45) is 3.60. The number of para-hydroxylation sites is 1. The molecule has 0 saturated heterocycles. The number of rotatable bonds is 1. The van der Waals surface area contributed by atoms with Crippen LogP contribution in [0.25, 0.3) is 0 Å². The summed E-state index contributed by atoms with van der Waals surface area (Å²) in [6.45, 7) is 0. The van der Waals surface area contributed by atoms with E-state index in [1.807, 2.05) is 6.07 Å². The van der Waals surface area contributed by atoms with Crippen LogP contribution in [0.2, 0.25) is 0 Å². The molecule has 0 heterocycles. The first-order valence-corrected chi connectivity index (χ1v) is 5.31. The molecule has 0 aliphatic carbocycles. The maximum Gasteiger partial charge on any atom is 0.183 e. The lowest BCUT2D eigenvalue weighted by Gasteiger charge is -2.00. The van der Waals surface area contributed by atoms with Crippen LogP contribution in [0, 0.1) is 22.8 Å². The fourth-order valence-electron chi connectivity index (χ4n) is 0.948. The highest BCUT2D eigenvalue weighted by atomic mass is 32.2. The van der Waals surface area contributed by atoms with E-state index in [0.717, 1.165) is 0 Å². The Hall–Kier alpha value is -1.98. The Balaban J connectivity index is 3.07. The first kappa shape index (κ1) is 11.1. The number of nitriles is 2. The number of nitrogens with one attached hydrogen (secondary N) is 1. The van der Waals surface area contributed by atoms with Gasteiger partial charge in [-0.2, -0.15) is 10.5 Å². The molecule has 0 aliphatic heterocycles. The number of nitrogens with zero attached hydrogens (tertiary/aromatic N) is 3. The second-order valence-corrected chi connectivity index (χ2v) is 3.28. The maximum absolute atomic E-state index is 8.82. The van der Waals surface area contributed by atoms with E-state index in [-0.39, 0.29) is 0 Å². The summed E-state index contributed by atoms with van der Waals surface area (Å²) in [7, 11) is 0. The Kier molecular flexibility index (Phi) is 4.21. The van der Waals surface area contributed by atoms with Gasteiger partial charge in [0.2, 0.25) is 0 Å². The van der Waals surface area contributed by atoms with E-state index in [0.29, 0.717) is 16.4 Å². The van der Waals surface area contributed by atoms with Crippen LogP contribution >= 0.6 is 11.8 Å². The number of hydrogen-bond acceptors (Lipinski definition) is 4. The molecule has 15 heavy (non-hydrogen) atoms. The largest absolute Gasteiger partial charge is 0.271 e. The van der Waals surface area contributed by atoms with E-state index in [2.05, 4.69) is 10.3 Å². The van der Waals surface area contributed by atoms with Gasteiger partial charge in [0.15, 0.2) is 11.4 Å². The van der Waals surface area contributed by atoms with Crippen LogP contribution in [0.3, 0.4) is 0 Å². The van der Waals surface area contributed by atoms with Crippen molar-refractivity contribution in [1.82, 2.24) is 5.32 Å². The minimum atomic E-state index is 0.472. The minimum Gasteiger partial charge on any atom is -0.271 e. The number of benzene rings is 1. The molecule has 0 fully saturated rings. The van der Waals surface area contributed by atoms with Crippen molar-refractivity contribution in [3.05, 3.63) is 29.8 Å². The van der Waals surface area contributed by atoms with E-state index in [9.17, 15) is 0 Å². The van der Waals surface area contributed by atoms with Crippen molar-refractivity contribution in [2.75, 3.05) is 6.26 Å². The molecular formula is C10H8N4S. The molecule has 0 amide bonds. The van der Waals surface area contributed by atoms with Crippen LogP contribution in [0.5, 0.6) is 0 Å². The summed E-state index contributed by atoms with van der Waals surface area (Å²) in [5, 5.41) is 20.2. The van der Waals surface area contributed by atoms with Gasteiger partial charge in [0.25, 0.3) is 0 Å². The van der Waals surface area contributed by atoms with Crippen molar-refractivity contribution < 1.29 is 0 Å². The van der Waals surface area contributed by atoms with Crippen LogP contribution in [0.4, 0.5) is 5.69 Å². The molecule has 74 valence electrons. The van der Waals surface area contributed by atoms with Gasteiger partial charge in [-0.1, -0.05) is 23.9 Å². The molecule has 5 heteroatoms. The van der Waals surface area contributed by atoms with Crippen molar-refractivity contribution in [3.63, 3.8) is 0 Å². The lowest BCUT2D eigenvalue weighted by molar-refractivity contribution is 1.28. The highest BCUT2D eigenvalue weighted by Crippen LogP contribution is 2.18. The average molecular weight is 216 g/mol. The molecular weight excluding hydrogens is 208 g/mol. The van der Waals surface area contributed by atoms with Gasteiger partial charge >= 0.3 is 0 Å². The zero-order chi connectivity index (χ0) is 11.1. The maximum atomic E-state index is 8.82. The van der Waals surface area contributed by atoms with Gasteiger partial charge in [-0.3, -0.25) is 5.32 Å². The molecule has 0 saturated carbocycles. The van der Waals surface area contributed by atoms with Gasteiger partial charge in [-0.25, -0.2) is 4.99 Å². The number of aliphatic imine (C=N–C) groups is 1. The lowest BCUT2D eigenvalue weighted by atomic mass is 10.2. The molecule has 0 aromatic heterocycles. The quantitative estimate of drug-likeness (QED) is 0.337. The van der Waals surface area contributed by atoms with Gasteiger partial charge < -0.3 is 0 Å². The first-order valence-electron chi connectivity index (χ1n) is 4.08. The van der Waals surface area contributed by atoms with Gasteiger partial charge in [-0.05, 0) is 18.4 Å². The van der Waals surface area contributed by atoms with Gasteiger partial charge in [-0.15, -0.1) is 0 Å². The average Bonchev–Trinajstić information content (AvgIpc) is 2.29. The van der Waals surface area contributed by atoms with E-state index >= 15 is 0 Å². The van der Waals surface area contributed by atoms with E-state index < -0.39 is 0 Å². The van der Waals surface area contributed by atoms with Crippen molar-refractivity contribution in [1.29, 1.82) is 10.5 Å². The van der Waals surface area contributed by atoms with Gasteiger partial charge in [0.1, 0.15) is 6.07 Å². The summed E-state index contributed by atoms with van der Waals surface area (Å²) in [6, 6.07) is 9.02. The lowest BCUT2D eigenvalue weighted by Crippen LogP contribution is -2.12. The third kappa shape index (κ3) is 3.01. The minimum absolute atomic E-state index is 0.472. The van der Waals surface area contributed by atoms with Crippen molar-refractivity contribution in [3.8, 4) is 12.3 Å². The van der Waals surface area contributed by atoms with E-state index in [1.54, 1.807) is 36.7 Å². The fraction of sp³-hybridized carbons (Fsp3) is 0.100. The zero-order valence-electron chi connectivity index (χ0n) is 8.06. The van der Waals surface area contributed by atoms with Crippen molar-refractivity contribution in [2.45, 2.75) is 0 Å². The Bertz CT molecular complexity index is 453. The third-order valence-electron chi connectivity index (χ3n) is 1.60. The highest BCUT2D eigenvalue weighted by molar-refractivity contribution is 8.13. The molecule has 0 spiro atoms. The van der Waals surface area contributed by atoms with Gasteiger partial charge in [0.05, 0.1) is 11.3 Å². The predicted octanol–water partition coefficient (Wildman–Crippen LogP) is 1.98. The standard InChI is InChI=1S/C10H8N4S/c1-15-10(13-7-12)14-9-5-3-2-4-8(9)6-11/h2-5H,1H3,(H,13,14). The molecule has 4 nitrogen and oxygen atoms in total. The van der Waals surface area contributed by atoms with Crippen molar-refractivity contribution in [2.24, 2.45) is 4.99 Å². The molecule has 0 aliphatic rings. The summed E-state index contributed by atoms with van der Waals surface area (Å²) in [5.74, 6) is 0. The normalized spacial score (nSPS) is 10.2. The Morgan fingerprint density at radius 3 is 2.73 bits per heavy atom. The molecule has 1 N–H and O–H groups in total. The molecule has 1 aromatic carbocycles. The smallest absolute Gasteiger partial charge is 0.183 e. The van der Waals surface area contributed by atoms with Gasteiger partial charge in [0, 0.05) is 0 Å². The first-order chi connectivity index (χ1) is 7.31. The SMILES string of the molecule is CSC(=Nc1ccccc1C#N)NC#N. The highest BCUT2D eigenvalue weighted by Gasteiger charge is 2.01. The second kappa shape index (κ2) is 5.69. The summed E-state index contributed by atoms with van der Waals surface area (Å²) >= 11 is 1.32. The van der Waals surface area contributed by atoms with Crippen LogP contribution in [-0.4, -0.2) is 11.4 Å². The zero-order valence-corrected chi connectivity index (χ0v) is 8.88. The molecule has 0 atom stereocenters. The summed E-state index contributed by atoms with van der Waals surface area (Å²) in [4.78, 5) is 4.16. The van der Waals surface area contributed by atoms with E-state index in [4.69, 9.17) is 10.5 Å². The second-order valence-electron chi connectivity index (χ2n) is 2.49. The molecule has 1 aromatic rings. The summed E-state index contributed by atoms with van der Waals surface area (Å²) in [5.41, 5.74) is 1.05. The number of amidine groups is 1. The monoisotopic (exact) mass is 216 g/mol. The molecule has 1 rings (SSSR count). The fourth-order valence-corrected chi connectivity index (χ4v) is 1.28. The predicted molar refractivity (Wildman–Crippen MR) is 60.5 cm³/mol. The summed E-state index contributed by atoms with van der Waals surface area (Å²) < 4.78 is 0. The van der Waals surface area contributed by atoms with Crippen LogP contribution in [-0.2, 0) is 0 Å². The van der Waals surface area contributed by atoms with E-state index in [1.165, 1.54) is 11.8 Å². The molecule has 0 bridgehead atoms. The number of thioether (sulfide) groups is 1.